The van der Waals surface area contributed by atoms with Gasteiger partial charge in [-0.05, 0) is 31.0 Å². The number of sulfonamides is 1. The van der Waals surface area contributed by atoms with Crippen LogP contribution in [0.4, 0.5) is 0 Å². The van der Waals surface area contributed by atoms with Gasteiger partial charge < -0.3 is 10.1 Å². The van der Waals surface area contributed by atoms with E-state index in [2.05, 4.69) is 20.5 Å². The smallest absolute Gasteiger partial charge is 0.264 e. The molecule has 188 valence electrons. The molecule has 1 aromatic heterocycles. The van der Waals surface area contributed by atoms with E-state index in [0.717, 1.165) is 12.8 Å². The maximum Gasteiger partial charge on any atom is 0.264 e. The molecule has 14 heteroatoms. The highest BCUT2D eigenvalue weighted by Gasteiger charge is 2.42. The molecule has 1 aromatic carbocycles. The number of hydrogen-bond acceptors (Lipinski definition) is 7. The average Bonchev–Trinajstić information content (AvgIpc) is 3.25. The second-order valence-electron chi connectivity index (χ2n) is 8.27. The zero-order chi connectivity index (χ0) is 23.6. The number of piperazine rings is 1. The predicted octanol–water partition coefficient (Wildman–Crippen LogP) is 1.83. The third-order valence-corrected chi connectivity index (χ3v) is 8.58. The lowest BCUT2D eigenvalue weighted by Gasteiger charge is -2.49. The Labute approximate surface area is 215 Å². The molecule has 4 rings (SSSR count). The molecule has 0 aliphatic carbocycles. The standard InChI is InChI=1S/C20H26Cl2N6O4S.ClH/c1-26-13-18(24-25-26)33(30,31)28-8-6-27(7-9-28)20(4-10-32-11-5-20)14-23-19(29)16-3-2-15(21)12-17(16)22;/h2-3,12-13H,4-11,14H2,1H3,(H,23,29);1H. The maximum absolute atomic E-state index is 12.9. The van der Waals surface area contributed by atoms with Crippen molar-refractivity contribution in [1.82, 2.24) is 29.5 Å². The first-order valence-corrected chi connectivity index (χ1v) is 12.8. The van der Waals surface area contributed by atoms with E-state index in [9.17, 15) is 13.2 Å². The Morgan fingerprint density at radius 3 is 2.44 bits per heavy atom. The third kappa shape index (κ3) is 5.67. The minimum atomic E-state index is -3.69. The van der Waals surface area contributed by atoms with Gasteiger partial charge in [-0.1, -0.05) is 28.4 Å². The molecule has 2 fully saturated rings. The maximum atomic E-state index is 12.9. The fourth-order valence-corrected chi connectivity index (χ4v) is 6.18. The topological polar surface area (TPSA) is 110 Å². The minimum absolute atomic E-state index is 0. The van der Waals surface area contributed by atoms with Gasteiger partial charge in [-0.3, -0.25) is 14.4 Å². The van der Waals surface area contributed by atoms with Crippen LogP contribution in [-0.4, -0.2) is 90.0 Å². The molecule has 3 heterocycles. The van der Waals surface area contributed by atoms with Crippen LogP contribution in [0, 0.1) is 0 Å². The first-order chi connectivity index (χ1) is 15.7. The third-order valence-electron chi connectivity index (χ3n) is 6.27. The Morgan fingerprint density at radius 1 is 1.18 bits per heavy atom. The van der Waals surface area contributed by atoms with E-state index in [1.54, 1.807) is 25.2 Å². The predicted molar refractivity (Wildman–Crippen MR) is 130 cm³/mol. The van der Waals surface area contributed by atoms with Crippen LogP contribution in [0.1, 0.15) is 23.2 Å². The van der Waals surface area contributed by atoms with E-state index in [4.69, 9.17) is 27.9 Å². The van der Waals surface area contributed by atoms with Crippen molar-refractivity contribution in [1.29, 1.82) is 0 Å². The molecule has 0 radical (unpaired) electrons. The Kier molecular flexibility index (Phi) is 8.83. The lowest BCUT2D eigenvalue weighted by atomic mass is 9.87. The zero-order valence-electron chi connectivity index (χ0n) is 18.6. The van der Waals surface area contributed by atoms with Crippen molar-refractivity contribution in [2.75, 3.05) is 45.9 Å². The average molecular weight is 554 g/mol. The summed E-state index contributed by atoms with van der Waals surface area (Å²) in [6, 6.07) is 4.77. The SMILES string of the molecule is Cl.Cn1cc(S(=O)(=O)N2CCN(C3(CNC(=O)c4ccc(Cl)cc4Cl)CCOCC3)CC2)nn1. The monoisotopic (exact) mass is 552 g/mol. The molecular formula is C20H27Cl3N6O4S. The van der Waals surface area contributed by atoms with Gasteiger partial charge >= 0.3 is 0 Å². The molecule has 2 saturated heterocycles. The quantitative estimate of drug-likeness (QED) is 0.581. The number of aryl methyl sites for hydroxylation is 1. The number of benzene rings is 1. The molecule has 34 heavy (non-hydrogen) atoms. The molecule has 1 N–H and O–H groups in total. The van der Waals surface area contributed by atoms with Gasteiger partial charge in [-0.2, -0.15) is 4.31 Å². The van der Waals surface area contributed by atoms with E-state index in [1.807, 2.05) is 0 Å². The second-order valence-corrected chi connectivity index (χ2v) is 11.0. The van der Waals surface area contributed by atoms with E-state index in [-0.39, 0.29) is 28.9 Å². The van der Waals surface area contributed by atoms with E-state index in [1.165, 1.54) is 15.2 Å². The summed E-state index contributed by atoms with van der Waals surface area (Å²) >= 11 is 12.1. The summed E-state index contributed by atoms with van der Waals surface area (Å²) in [5.74, 6) is -0.272. The van der Waals surface area contributed by atoms with Crippen LogP contribution < -0.4 is 5.32 Å². The highest BCUT2D eigenvalue weighted by Crippen LogP contribution is 2.30. The Morgan fingerprint density at radius 2 is 1.85 bits per heavy atom. The van der Waals surface area contributed by atoms with Gasteiger partial charge in [0.2, 0.25) is 5.03 Å². The lowest BCUT2D eigenvalue weighted by molar-refractivity contribution is -0.0385. The van der Waals surface area contributed by atoms with Crippen molar-refractivity contribution in [3.63, 3.8) is 0 Å². The molecule has 10 nitrogen and oxygen atoms in total. The number of nitrogens with zero attached hydrogens (tertiary/aromatic N) is 5. The number of carbonyl (C=O) groups is 1. The highest BCUT2D eigenvalue weighted by atomic mass is 35.5. The molecule has 2 aliphatic heterocycles. The summed E-state index contributed by atoms with van der Waals surface area (Å²) in [4.78, 5) is 15.1. The molecule has 0 spiro atoms. The van der Waals surface area contributed by atoms with Crippen LogP contribution in [0.15, 0.2) is 29.4 Å². The van der Waals surface area contributed by atoms with Crippen molar-refractivity contribution in [3.8, 4) is 0 Å². The molecule has 2 aromatic rings. The highest BCUT2D eigenvalue weighted by molar-refractivity contribution is 7.89. The molecular weight excluding hydrogens is 527 g/mol. The largest absolute Gasteiger partial charge is 0.381 e. The number of rotatable bonds is 6. The van der Waals surface area contributed by atoms with Crippen molar-refractivity contribution in [2.45, 2.75) is 23.4 Å². The van der Waals surface area contributed by atoms with Crippen molar-refractivity contribution >= 4 is 51.5 Å². The van der Waals surface area contributed by atoms with E-state index >= 15 is 0 Å². The van der Waals surface area contributed by atoms with E-state index in [0.29, 0.717) is 61.5 Å². The number of ether oxygens (including phenoxy) is 1. The molecule has 1 amide bonds. The van der Waals surface area contributed by atoms with Gasteiger partial charge in [0.25, 0.3) is 15.9 Å². The fraction of sp³-hybridized carbons (Fsp3) is 0.550. The van der Waals surface area contributed by atoms with Crippen LogP contribution in [0.3, 0.4) is 0 Å². The minimum Gasteiger partial charge on any atom is -0.381 e. The number of amides is 1. The van der Waals surface area contributed by atoms with Crippen LogP contribution in [0.25, 0.3) is 0 Å². The van der Waals surface area contributed by atoms with Gasteiger partial charge in [-0.15, -0.1) is 17.5 Å². The molecule has 0 saturated carbocycles. The Balaban J connectivity index is 0.00000324. The summed E-state index contributed by atoms with van der Waals surface area (Å²) in [6.07, 6.45) is 2.87. The lowest BCUT2D eigenvalue weighted by Crippen LogP contribution is -2.63. The van der Waals surface area contributed by atoms with Gasteiger partial charge in [0.15, 0.2) is 0 Å². The number of nitrogens with one attached hydrogen (secondary N) is 1. The van der Waals surface area contributed by atoms with Gasteiger partial charge in [0.1, 0.15) is 0 Å². The summed E-state index contributed by atoms with van der Waals surface area (Å²) in [6.45, 7) is 3.31. The molecule has 0 unspecified atom stereocenters. The number of carbonyl (C=O) groups excluding carboxylic acids is 1. The zero-order valence-corrected chi connectivity index (χ0v) is 21.8. The summed E-state index contributed by atoms with van der Waals surface area (Å²) in [7, 11) is -2.06. The van der Waals surface area contributed by atoms with Crippen LogP contribution in [-0.2, 0) is 21.8 Å². The molecule has 0 bridgehead atoms. The molecule has 2 aliphatic rings. The number of halogens is 3. The Bertz CT molecular complexity index is 1120. The molecule has 0 atom stereocenters. The fourth-order valence-electron chi connectivity index (χ4n) is 4.35. The Hall–Kier alpha value is -1.47. The second kappa shape index (κ2) is 11.1. The summed E-state index contributed by atoms with van der Waals surface area (Å²) < 4.78 is 34.2. The summed E-state index contributed by atoms with van der Waals surface area (Å²) in [5.41, 5.74) is 0.0398. The number of hydrogen-bond donors (Lipinski definition) is 1. The summed E-state index contributed by atoms with van der Waals surface area (Å²) in [5, 5.41) is 11.2. The van der Waals surface area contributed by atoms with E-state index < -0.39 is 10.0 Å². The van der Waals surface area contributed by atoms with Crippen molar-refractivity contribution in [3.05, 3.63) is 40.0 Å². The van der Waals surface area contributed by atoms with Crippen molar-refractivity contribution < 1.29 is 17.9 Å². The van der Waals surface area contributed by atoms with Crippen LogP contribution in [0.5, 0.6) is 0 Å². The van der Waals surface area contributed by atoms with Crippen molar-refractivity contribution in [2.24, 2.45) is 7.05 Å². The number of aromatic nitrogens is 3. The van der Waals surface area contributed by atoms with Gasteiger partial charge in [0.05, 0.1) is 16.8 Å². The van der Waals surface area contributed by atoms with Crippen LogP contribution in [0.2, 0.25) is 10.0 Å². The first kappa shape index (κ1) is 27.1. The normalized spacial score (nSPS) is 19.4. The van der Waals surface area contributed by atoms with Crippen LogP contribution >= 0.6 is 35.6 Å². The van der Waals surface area contributed by atoms with Gasteiger partial charge in [0, 0.05) is 63.5 Å². The first-order valence-electron chi connectivity index (χ1n) is 10.6. The van der Waals surface area contributed by atoms with Gasteiger partial charge in [-0.25, -0.2) is 8.42 Å².